The van der Waals surface area contributed by atoms with Crippen LogP contribution in [-0.2, 0) is 4.79 Å². The van der Waals surface area contributed by atoms with Crippen LogP contribution in [0.3, 0.4) is 0 Å². The van der Waals surface area contributed by atoms with E-state index in [1.807, 2.05) is 0 Å². The molecular weight excluding hydrogens is 236 g/mol. The second kappa shape index (κ2) is 15.5. The number of carbonyl (C=O) groups excluding carboxylic acids is 1. The molecular formula is C16H34N2O. The topological polar surface area (TPSA) is 55.1 Å². The van der Waals surface area contributed by atoms with Crippen molar-refractivity contribution in [1.82, 2.24) is 5.32 Å². The summed E-state index contributed by atoms with van der Waals surface area (Å²) in [6.45, 7) is 3.85. The summed E-state index contributed by atoms with van der Waals surface area (Å²) in [5, 5.41) is 3.00. The molecule has 0 aromatic rings. The van der Waals surface area contributed by atoms with Crippen LogP contribution in [0.1, 0.15) is 84.0 Å². The smallest absolute Gasteiger partial charge is 0.219 e. The molecule has 0 radical (unpaired) electrons. The van der Waals surface area contributed by atoms with Gasteiger partial charge in [0.05, 0.1) is 0 Å². The van der Waals surface area contributed by atoms with Gasteiger partial charge in [-0.1, -0.05) is 58.3 Å². The third-order valence-electron chi connectivity index (χ3n) is 3.46. The van der Waals surface area contributed by atoms with Crippen LogP contribution in [0.15, 0.2) is 0 Å². The molecule has 0 saturated heterocycles. The van der Waals surface area contributed by atoms with Crippen LogP contribution in [0, 0.1) is 0 Å². The molecule has 0 rings (SSSR count). The van der Waals surface area contributed by atoms with E-state index in [0.717, 1.165) is 32.4 Å². The zero-order valence-electron chi connectivity index (χ0n) is 12.9. The van der Waals surface area contributed by atoms with Crippen molar-refractivity contribution in [3.63, 3.8) is 0 Å². The van der Waals surface area contributed by atoms with Gasteiger partial charge in [-0.2, -0.15) is 0 Å². The summed E-state index contributed by atoms with van der Waals surface area (Å²) in [4.78, 5) is 11.5. The van der Waals surface area contributed by atoms with Crippen molar-refractivity contribution in [2.45, 2.75) is 84.0 Å². The van der Waals surface area contributed by atoms with Gasteiger partial charge in [0.1, 0.15) is 0 Å². The van der Waals surface area contributed by atoms with Crippen LogP contribution in [-0.4, -0.2) is 19.0 Å². The maximum Gasteiger partial charge on any atom is 0.219 e. The number of amides is 1. The summed E-state index contributed by atoms with van der Waals surface area (Å²) in [5.74, 6) is 0.229. The number of nitrogens with two attached hydrogens (primary N) is 1. The number of rotatable bonds is 14. The van der Waals surface area contributed by atoms with Gasteiger partial charge in [0.25, 0.3) is 0 Å². The molecule has 0 bridgehead atoms. The van der Waals surface area contributed by atoms with Gasteiger partial charge in [0.2, 0.25) is 5.91 Å². The predicted octanol–water partition coefficient (Wildman–Crippen LogP) is 3.76. The molecule has 0 heterocycles. The van der Waals surface area contributed by atoms with E-state index in [1.165, 1.54) is 51.4 Å². The molecule has 3 N–H and O–H groups in total. The Bertz CT molecular complexity index is 195. The number of hydrogen-bond acceptors (Lipinski definition) is 2. The molecule has 0 aliphatic rings. The lowest BCUT2D eigenvalue weighted by Crippen LogP contribution is -2.23. The molecule has 1 amide bonds. The summed E-state index contributed by atoms with van der Waals surface area (Å²) in [7, 11) is 0. The molecule has 0 fully saturated rings. The molecule has 0 spiro atoms. The van der Waals surface area contributed by atoms with E-state index in [4.69, 9.17) is 5.73 Å². The van der Waals surface area contributed by atoms with E-state index >= 15 is 0 Å². The van der Waals surface area contributed by atoms with E-state index in [2.05, 4.69) is 12.2 Å². The number of carbonyl (C=O) groups is 1. The molecule has 3 nitrogen and oxygen atoms in total. The lowest BCUT2D eigenvalue weighted by molar-refractivity contribution is -0.121. The minimum atomic E-state index is 0.229. The van der Waals surface area contributed by atoms with Crippen LogP contribution in [0.4, 0.5) is 0 Å². The molecule has 19 heavy (non-hydrogen) atoms. The van der Waals surface area contributed by atoms with Gasteiger partial charge in [0, 0.05) is 13.0 Å². The third-order valence-corrected chi connectivity index (χ3v) is 3.46. The van der Waals surface area contributed by atoms with Crippen molar-refractivity contribution in [1.29, 1.82) is 0 Å². The lowest BCUT2D eigenvalue weighted by atomic mass is 10.1. The van der Waals surface area contributed by atoms with Gasteiger partial charge in [0.15, 0.2) is 0 Å². The molecule has 3 heteroatoms. The van der Waals surface area contributed by atoms with E-state index < -0.39 is 0 Å². The maximum absolute atomic E-state index is 11.5. The molecule has 0 aliphatic carbocycles. The fourth-order valence-electron chi connectivity index (χ4n) is 2.18. The molecule has 0 aromatic heterocycles. The van der Waals surface area contributed by atoms with E-state index in [-0.39, 0.29) is 5.91 Å². The highest BCUT2D eigenvalue weighted by molar-refractivity contribution is 5.75. The second-order valence-electron chi connectivity index (χ2n) is 5.42. The van der Waals surface area contributed by atoms with Gasteiger partial charge in [-0.15, -0.1) is 0 Å². The molecule has 0 aliphatic heterocycles. The molecule has 0 atom stereocenters. The summed E-state index contributed by atoms with van der Waals surface area (Å²) in [5.41, 5.74) is 5.43. The normalized spacial score (nSPS) is 10.6. The number of unbranched alkanes of at least 4 members (excludes halogenated alkanes) is 9. The maximum atomic E-state index is 11.5. The number of nitrogens with one attached hydrogen (secondary N) is 1. The van der Waals surface area contributed by atoms with E-state index in [0.29, 0.717) is 6.42 Å². The first-order valence-electron chi connectivity index (χ1n) is 8.28. The summed E-state index contributed by atoms with van der Waals surface area (Å²) >= 11 is 0. The Morgan fingerprint density at radius 1 is 0.842 bits per heavy atom. The fraction of sp³-hybridized carbons (Fsp3) is 0.938. The Kier molecular flexibility index (Phi) is 15.0. The fourth-order valence-corrected chi connectivity index (χ4v) is 2.18. The van der Waals surface area contributed by atoms with Crippen LogP contribution in [0.2, 0.25) is 0 Å². The number of hydrogen-bond donors (Lipinski definition) is 2. The van der Waals surface area contributed by atoms with Gasteiger partial charge in [-0.25, -0.2) is 0 Å². The van der Waals surface area contributed by atoms with Crippen molar-refractivity contribution < 1.29 is 4.79 Å². The standard InChI is InChI=1S/C16H34N2O/c1-2-3-4-5-6-7-10-13-16(19)18-15-12-9-8-11-14-17/h2-15,17H2,1H3,(H,18,19). The first-order chi connectivity index (χ1) is 9.31. The van der Waals surface area contributed by atoms with Crippen molar-refractivity contribution >= 4 is 5.91 Å². The van der Waals surface area contributed by atoms with Crippen molar-refractivity contribution in [3.05, 3.63) is 0 Å². The third kappa shape index (κ3) is 15.4. The Labute approximate surface area is 119 Å². The quantitative estimate of drug-likeness (QED) is 0.472. The highest BCUT2D eigenvalue weighted by Gasteiger charge is 2.00. The van der Waals surface area contributed by atoms with Gasteiger partial charge in [-0.3, -0.25) is 4.79 Å². The summed E-state index contributed by atoms with van der Waals surface area (Å²) in [6, 6.07) is 0. The predicted molar refractivity (Wildman–Crippen MR) is 83.1 cm³/mol. The van der Waals surface area contributed by atoms with Gasteiger partial charge in [-0.05, 0) is 25.8 Å². The minimum Gasteiger partial charge on any atom is -0.356 e. The van der Waals surface area contributed by atoms with Crippen molar-refractivity contribution in [2.75, 3.05) is 13.1 Å². The Morgan fingerprint density at radius 2 is 1.42 bits per heavy atom. The lowest BCUT2D eigenvalue weighted by Gasteiger charge is -2.05. The summed E-state index contributed by atoms with van der Waals surface area (Å²) < 4.78 is 0. The van der Waals surface area contributed by atoms with Crippen LogP contribution in [0.25, 0.3) is 0 Å². The van der Waals surface area contributed by atoms with Crippen LogP contribution >= 0.6 is 0 Å². The van der Waals surface area contributed by atoms with E-state index in [9.17, 15) is 4.79 Å². The molecule has 0 unspecified atom stereocenters. The first kappa shape index (κ1) is 18.4. The monoisotopic (exact) mass is 270 g/mol. The molecule has 0 aromatic carbocycles. The highest BCUT2D eigenvalue weighted by atomic mass is 16.1. The first-order valence-corrected chi connectivity index (χ1v) is 8.28. The Morgan fingerprint density at radius 3 is 2.11 bits per heavy atom. The van der Waals surface area contributed by atoms with Crippen LogP contribution in [0.5, 0.6) is 0 Å². The average Bonchev–Trinajstić information content (AvgIpc) is 2.41. The van der Waals surface area contributed by atoms with Gasteiger partial charge >= 0.3 is 0 Å². The second-order valence-corrected chi connectivity index (χ2v) is 5.42. The van der Waals surface area contributed by atoms with Crippen molar-refractivity contribution in [2.24, 2.45) is 5.73 Å². The SMILES string of the molecule is CCCCCCCCCC(=O)NCCCCCCN. The Balaban J connectivity index is 3.13. The zero-order valence-corrected chi connectivity index (χ0v) is 12.9. The highest BCUT2D eigenvalue weighted by Crippen LogP contribution is 2.08. The Hall–Kier alpha value is -0.570. The zero-order chi connectivity index (χ0) is 14.2. The average molecular weight is 270 g/mol. The van der Waals surface area contributed by atoms with Crippen molar-refractivity contribution in [3.8, 4) is 0 Å². The van der Waals surface area contributed by atoms with E-state index in [1.54, 1.807) is 0 Å². The molecule has 114 valence electrons. The summed E-state index contributed by atoms with van der Waals surface area (Å²) in [6.07, 6.45) is 14.1. The molecule has 0 saturated carbocycles. The van der Waals surface area contributed by atoms with Crippen LogP contribution < -0.4 is 11.1 Å². The van der Waals surface area contributed by atoms with Gasteiger partial charge < -0.3 is 11.1 Å². The largest absolute Gasteiger partial charge is 0.356 e. The minimum absolute atomic E-state index is 0.229.